The summed E-state index contributed by atoms with van der Waals surface area (Å²) in [5.74, 6) is 0. The molecule has 0 aliphatic heterocycles. The first-order valence-corrected chi connectivity index (χ1v) is 5.35. The summed E-state index contributed by atoms with van der Waals surface area (Å²) in [5.41, 5.74) is 4.43. The number of rotatable bonds is 2. The fraction of sp³-hybridized carbons (Fsp3) is 0.143. The lowest BCUT2D eigenvalue weighted by Gasteiger charge is -2.21. The van der Waals surface area contributed by atoms with Gasteiger partial charge in [-0.05, 0) is 49.2 Å². The molecule has 0 spiro atoms. The molecule has 2 aromatic rings. The van der Waals surface area contributed by atoms with Gasteiger partial charge in [0.05, 0.1) is 0 Å². The van der Waals surface area contributed by atoms with Gasteiger partial charge in [-0.15, -0.1) is 0 Å². The van der Waals surface area contributed by atoms with Gasteiger partial charge in [-0.2, -0.15) is 0 Å². The van der Waals surface area contributed by atoms with Crippen molar-refractivity contribution in [1.82, 2.24) is 0 Å². The van der Waals surface area contributed by atoms with Crippen LogP contribution in [-0.2, 0) is 0 Å². The predicted molar refractivity (Wildman–Crippen MR) is 70.3 cm³/mol. The highest BCUT2D eigenvalue weighted by atomic mass is 15.0. The highest BCUT2D eigenvalue weighted by molar-refractivity contribution is 6.22. The van der Waals surface area contributed by atoms with Crippen LogP contribution in [0.25, 0.3) is 0 Å². The van der Waals surface area contributed by atoms with Crippen molar-refractivity contribution in [3.05, 3.63) is 59.7 Å². The SMILES string of the molecule is [B]N(c1cccc(C)c1)c1cccc(C)c1. The van der Waals surface area contributed by atoms with Gasteiger partial charge in [0.15, 0.2) is 0 Å². The highest BCUT2D eigenvalue weighted by Gasteiger charge is 2.02. The van der Waals surface area contributed by atoms with E-state index in [1.807, 2.05) is 24.3 Å². The molecule has 0 bridgehead atoms. The fourth-order valence-electron chi connectivity index (χ4n) is 1.70. The maximum Gasteiger partial charge on any atom is 0.234 e. The number of nitrogens with zero attached hydrogens (tertiary/aromatic N) is 1. The third-order valence-corrected chi connectivity index (χ3v) is 2.56. The molecule has 0 atom stereocenters. The van der Waals surface area contributed by atoms with Crippen LogP contribution in [0.1, 0.15) is 11.1 Å². The van der Waals surface area contributed by atoms with Crippen molar-refractivity contribution in [1.29, 1.82) is 0 Å². The summed E-state index contributed by atoms with van der Waals surface area (Å²) in [6.07, 6.45) is 0. The Kier molecular flexibility index (Phi) is 3.00. The molecule has 0 amide bonds. The van der Waals surface area contributed by atoms with Crippen molar-refractivity contribution in [2.45, 2.75) is 13.8 Å². The van der Waals surface area contributed by atoms with Crippen molar-refractivity contribution < 1.29 is 0 Å². The lowest BCUT2D eigenvalue weighted by Crippen LogP contribution is -2.11. The molecule has 0 aliphatic rings. The Balaban J connectivity index is 2.35. The number of benzene rings is 2. The Hall–Kier alpha value is -1.70. The molecule has 0 aliphatic carbocycles. The molecule has 2 aromatic carbocycles. The summed E-state index contributed by atoms with van der Waals surface area (Å²) in [4.78, 5) is 1.71. The van der Waals surface area contributed by atoms with Gasteiger partial charge < -0.3 is 4.81 Å². The van der Waals surface area contributed by atoms with Crippen molar-refractivity contribution in [2.75, 3.05) is 4.81 Å². The Morgan fingerprint density at radius 2 is 1.25 bits per heavy atom. The molecule has 0 N–H and O–H groups in total. The molecule has 0 heterocycles. The van der Waals surface area contributed by atoms with Crippen LogP contribution in [0.5, 0.6) is 0 Å². The quantitative estimate of drug-likeness (QED) is 0.681. The van der Waals surface area contributed by atoms with Gasteiger partial charge in [-0.1, -0.05) is 24.3 Å². The molecular weight excluding hydrogens is 193 g/mol. The zero-order valence-electron chi connectivity index (χ0n) is 9.64. The molecule has 2 heteroatoms. The van der Waals surface area contributed by atoms with Gasteiger partial charge in [0.2, 0.25) is 7.98 Å². The average Bonchev–Trinajstić information content (AvgIpc) is 2.28. The largest absolute Gasteiger partial charge is 0.398 e. The van der Waals surface area contributed by atoms with Crippen LogP contribution in [0.3, 0.4) is 0 Å². The molecule has 0 unspecified atom stereocenters. The molecular formula is C14H14BN. The van der Waals surface area contributed by atoms with E-state index in [9.17, 15) is 0 Å². The number of aryl methyl sites for hydroxylation is 2. The van der Waals surface area contributed by atoms with Crippen molar-refractivity contribution in [2.24, 2.45) is 0 Å². The lowest BCUT2D eigenvalue weighted by atomic mass is 10.1. The second kappa shape index (κ2) is 4.44. The Morgan fingerprint density at radius 1 is 0.812 bits per heavy atom. The molecule has 2 rings (SSSR count). The van der Waals surface area contributed by atoms with E-state index < -0.39 is 0 Å². The van der Waals surface area contributed by atoms with Gasteiger partial charge in [-0.3, -0.25) is 0 Å². The van der Waals surface area contributed by atoms with Crippen molar-refractivity contribution in [3.8, 4) is 0 Å². The molecule has 2 radical (unpaired) electrons. The Morgan fingerprint density at radius 3 is 1.62 bits per heavy atom. The van der Waals surface area contributed by atoms with E-state index in [2.05, 4.69) is 38.1 Å². The number of hydrogen-bond acceptors (Lipinski definition) is 1. The molecule has 16 heavy (non-hydrogen) atoms. The smallest absolute Gasteiger partial charge is 0.234 e. The van der Waals surface area contributed by atoms with Crippen LogP contribution in [0.15, 0.2) is 48.5 Å². The van der Waals surface area contributed by atoms with Crippen molar-refractivity contribution >= 4 is 19.4 Å². The van der Waals surface area contributed by atoms with Crippen LogP contribution in [-0.4, -0.2) is 7.98 Å². The van der Waals surface area contributed by atoms with E-state index >= 15 is 0 Å². The zero-order valence-corrected chi connectivity index (χ0v) is 9.64. The van der Waals surface area contributed by atoms with Crippen LogP contribution < -0.4 is 4.81 Å². The van der Waals surface area contributed by atoms with E-state index in [0.717, 1.165) is 11.4 Å². The minimum atomic E-state index is 1.01. The molecule has 0 fully saturated rings. The second-order valence-corrected chi connectivity index (χ2v) is 4.05. The molecule has 0 saturated heterocycles. The average molecular weight is 207 g/mol. The first-order chi connectivity index (χ1) is 7.66. The number of anilines is 2. The van der Waals surface area contributed by atoms with Crippen LogP contribution in [0.4, 0.5) is 11.4 Å². The first kappa shape index (κ1) is 10.8. The molecule has 0 saturated carbocycles. The van der Waals surface area contributed by atoms with Gasteiger partial charge in [0, 0.05) is 11.4 Å². The molecule has 1 nitrogen and oxygen atoms in total. The third kappa shape index (κ3) is 2.27. The third-order valence-electron chi connectivity index (χ3n) is 2.56. The van der Waals surface area contributed by atoms with Gasteiger partial charge >= 0.3 is 0 Å². The number of hydrogen-bond donors (Lipinski definition) is 0. The summed E-state index contributed by atoms with van der Waals surface area (Å²) >= 11 is 0. The van der Waals surface area contributed by atoms with Gasteiger partial charge in [0.1, 0.15) is 0 Å². The highest BCUT2D eigenvalue weighted by Crippen LogP contribution is 2.24. The topological polar surface area (TPSA) is 3.24 Å². The minimum Gasteiger partial charge on any atom is -0.398 e. The normalized spacial score (nSPS) is 10.1. The van der Waals surface area contributed by atoms with Gasteiger partial charge in [-0.25, -0.2) is 0 Å². The monoisotopic (exact) mass is 207 g/mol. The minimum absolute atomic E-state index is 1.01. The summed E-state index contributed by atoms with van der Waals surface area (Å²) in [6, 6.07) is 16.3. The van der Waals surface area contributed by atoms with E-state index in [4.69, 9.17) is 7.98 Å². The van der Waals surface area contributed by atoms with E-state index in [-0.39, 0.29) is 0 Å². The van der Waals surface area contributed by atoms with Crippen LogP contribution >= 0.6 is 0 Å². The lowest BCUT2D eigenvalue weighted by molar-refractivity contribution is 1.35. The molecule has 0 aromatic heterocycles. The zero-order chi connectivity index (χ0) is 11.5. The summed E-state index contributed by atoms with van der Waals surface area (Å²) in [5, 5.41) is 0. The Labute approximate surface area is 98.2 Å². The first-order valence-electron chi connectivity index (χ1n) is 5.35. The second-order valence-electron chi connectivity index (χ2n) is 4.05. The van der Waals surface area contributed by atoms with E-state index in [0.29, 0.717) is 0 Å². The Bertz CT molecular complexity index is 448. The van der Waals surface area contributed by atoms with E-state index in [1.54, 1.807) is 4.81 Å². The predicted octanol–water partition coefficient (Wildman–Crippen LogP) is 3.53. The standard InChI is InChI=1S/C14H14BN/c1-11-5-3-7-13(9-11)16(15)14-8-4-6-12(2)10-14/h3-10H,1-2H3. The molecule has 78 valence electrons. The summed E-state index contributed by atoms with van der Waals surface area (Å²) < 4.78 is 0. The van der Waals surface area contributed by atoms with Crippen LogP contribution in [0, 0.1) is 13.8 Å². The fourth-order valence-corrected chi connectivity index (χ4v) is 1.70. The van der Waals surface area contributed by atoms with Gasteiger partial charge in [0.25, 0.3) is 0 Å². The van der Waals surface area contributed by atoms with E-state index in [1.165, 1.54) is 11.1 Å². The maximum absolute atomic E-state index is 6.09. The maximum atomic E-state index is 6.09. The van der Waals surface area contributed by atoms with Crippen LogP contribution in [0.2, 0.25) is 0 Å². The summed E-state index contributed by atoms with van der Waals surface area (Å²) in [7, 11) is 6.09. The summed E-state index contributed by atoms with van der Waals surface area (Å²) in [6.45, 7) is 4.13. The van der Waals surface area contributed by atoms with Crippen molar-refractivity contribution in [3.63, 3.8) is 0 Å².